The second-order valence-electron chi connectivity index (χ2n) is 7.55. The standard InChI is InChI=1S/C27H28N4O4/c1-3-19-11-5-8-14-22(19)29-25(32)18-35-24-16-10-7-13-21(24)17-28-31-27(34)26(33)30-23-15-9-6-12-20(23)4-2/h5-17H,3-4,18H2,1-2H3,(H,29,32)(H,30,33)(H,31,34)/b28-17-. The van der Waals surface area contributed by atoms with Crippen LogP contribution in [-0.4, -0.2) is 30.5 Å². The van der Waals surface area contributed by atoms with Crippen LogP contribution in [0, 0.1) is 0 Å². The van der Waals surface area contributed by atoms with E-state index >= 15 is 0 Å². The Morgan fingerprint density at radius 2 is 1.34 bits per heavy atom. The number of hydrazone groups is 1. The molecule has 0 spiro atoms. The highest BCUT2D eigenvalue weighted by atomic mass is 16.5. The van der Waals surface area contributed by atoms with Gasteiger partial charge in [0.05, 0.1) is 6.21 Å². The Bertz CT molecular complexity index is 1220. The van der Waals surface area contributed by atoms with E-state index in [0.29, 0.717) is 17.0 Å². The molecule has 0 heterocycles. The first-order valence-corrected chi connectivity index (χ1v) is 11.3. The van der Waals surface area contributed by atoms with E-state index in [9.17, 15) is 14.4 Å². The van der Waals surface area contributed by atoms with Crippen molar-refractivity contribution in [2.24, 2.45) is 5.10 Å². The molecule has 35 heavy (non-hydrogen) atoms. The molecule has 180 valence electrons. The van der Waals surface area contributed by atoms with Gasteiger partial charge in [-0.1, -0.05) is 62.4 Å². The van der Waals surface area contributed by atoms with Gasteiger partial charge in [0.15, 0.2) is 6.61 Å². The summed E-state index contributed by atoms with van der Waals surface area (Å²) < 4.78 is 5.66. The number of hydrogen-bond donors (Lipinski definition) is 3. The maximum Gasteiger partial charge on any atom is 0.329 e. The van der Waals surface area contributed by atoms with Gasteiger partial charge in [-0.3, -0.25) is 14.4 Å². The van der Waals surface area contributed by atoms with Gasteiger partial charge in [-0.05, 0) is 48.2 Å². The number of para-hydroxylation sites is 3. The third kappa shape index (κ3) is 7.26. The summed E-state index contributed by atoms with van der Waals surface area (Å²) >= 11 is 0. The van der Waals surface area contributed by atoms with Crippen LogP contribution < -0.4 is 20.8 Å². The van der Waals surface area contributed by atoms with Crippen molar-refractivity contribution in [3.8, 4) is 5.75 Å². The van der Waals surface area contributed by atoms with Crippen LogP contribution in [0.5, 0.6) is 5.75 Å². The summed E-state index contributed by atoms with van der Waals surface area (Å²) in [5.74, 6) is -1.61. The van der Waals surface area contributed by atoms with E-state index in [0.717, 1.165) is 29.7 Å². The van der Waals surface area contributed by atoms with E-state index in [1.165, 1.54) is 6.21 Å². The quantitative estimate of drug-likeness (QED) is 0.249. The molecular weight excluding hydrogens is 444 g/mol. The lowest BCUT2D eigenvalue weighted by Gasteiger charge is -2.11. The third-order valence-electron chi connectivity index (χ3n) is 5.17. The average molecular weight is 473 g/mol. The summed E-state index contributed by atoms with van der Waals surface area (Å²) in [7, 11) is 0. The van der Waals surface area contributed by atoms with Gasteiger partial charge in [-0.2, -0.15) is 5.10 Å². The minimum Gasteiger partial charge on any atom is -0.483 e. The summed E-state index contributed by atoms with van der Waals surface area (Å²) in [6.07, 6.45) is 2.87. The lowest BCUT2D eigenvalue weighted by Crippen LogP contribution is -2.32. The molecule has 3 N–H and O–H groups in total. The van der Waals surface area contributed by atoms with Gasteiger partial charge in [-0.25, -0.2) is 5.43 Å². The van der Waals surface area contributed by atoms with Gasteiger partial charge in [0.1, 0.15) is 5.75 Å². The highest BCUT2D eigenvalue weighted by molar-refractivity contribution is 6.39. The van der Waals surface area contributed by atoms with Crippen LogP contribution in [0.4, 0.5) is 11.4 Å². The maximum atomic E-state index is 12.4. The van der Waals surface area contributed by atoms with E-state index in [2.05, 4.69) is 21.2 Å². The molecule has 0 aliphatic rings. The fraction of sp³-hybridized carbons (Fsp3) is 0.185. The fourth-order valence-corrected chi connectivity index (χ4v) is 3.34. The number of amides is 3. The van der Waals surface area contributed by atoms with Gasteiger partial charge in [0.25, 0.3) is 5.91 Å². The van der Waals surface area contributed by atoms with Crippen molar-refractivity contribution in [1.29, 1.82) is 0 Å². The number of nitrogens with one attached hydrogen (secondary N) is 3. The Morgan fingerprint density at radius 1 is 0.771 bits per heavy atom. The maximum absolute atomic E-state index is 12.4. The lowest BCUT2D eigenvalue weighted by molar-refractivity contribution is -0.136. The summed E-state index contributed by atoms with van der Waals surface area (Å²) in [6.45, 7) is 3.78. The van der Waals surface area contributed by atoms with E-state index in [4.69, 9.17) is 4.74 Å². The SMILES string of the molecule is CCc1ccccc1NC(=O)COc1ccccc1/C=N\NC(=O)C(=O)Nc1ccccc1CC. The zero-order valence-corrected chi connectivity index (χ0v) is 19.7. The Morgan fingerprint density at radius 3 is 2.00 bits per heavy atom. The van der Waals surface area contributed by atoms with E-state index in [-0.39, 0.29) is 12.5 Å². The smallest absolute Gasteiger partial charge is 0.329 e. The van der Waals surface area contributed by atoms with Gasteiger partial charge < -0.3 is 15.4 Å². The van der Waals surface area contributed by atoms with Crippen LogP contribution >= 0.6 is 0 Å². The van der Waals surface area contributed by atoms with Gasteiger partial charge in [0, 0.05) is 16.9 Å². The molecule has 0 aliphatic heterocycles. The number of hydrogen-bond acceptors (Lipinski definition) is 5. The van der Waals surface area contributed by atoms with Crippen LogP contribution in [0.15, 0.2) is 77.9 Å². The van der Waals surface area contributed by atoms with Gasteiger partial charge >= 0.3 is 11.8 Å². The Labute approximate surface area is 204 Å². The summed E-state index contributed by atoms with van der Waals surface area (Å²) in [5, 5.41) is 9.30. The molecule has 0 bridgehead atoms. The van der Waals surface area contributed by atoms with Crippen LogP contribution in [0.1, 0.15) is 30.5 Å². The van der Waals surface area contributed by atoms with Gasteiger partial charge in [-0.15, -0.1) is 0 Å². The zero-order chi connectivity index (χ0) is 25.0. The predicted molar refractivity (Wildman–Crippen MR) is 137 cm³/mol. The predicted octanol–water partition coefficient (Wildman–Crippen LogP) is 3.92. The Kier molecular flexibility index (Phi) is 9.13. The lowest BCUT2D eigenvalue weighted by atomic mass is 10.1. The number of nitrogens with zero attached hydrogens (tertiary/aromatic N) is 1. The molecule has 0 unspecified atom stereocenters. The van der Waals surface area contributed by atoms with Crippen molar-refractivity contribution >= 4 is 35.3 Å². The highest BCUT2D eigenvalue weighted by Gasteiger charge is 2.14. The van der Waals surface area contributed by atoms with Crippen molar-refractivity contribution in [2.75, 3.05) is 17.2 Å². The average Bonchev–Trinajstić information content (AvgIpc) is 2.88. The molecule has 0 atom stereocenters. The second kappa shape index (κ2) is 12.7. The van der Waals surface area contributed by atoms with Crippen LogP contribution in [0.3, 0.4) is 0 Å². The molecular formula is C27H28N4O4. The van der Waals surface area contributed by atoms with Crippen molar-refractivity contribution in [1.82, 2.24) is 5.43 Å². The topological polar surface area (TPSA) is 109 Å². The number of carbonyl (C=O) groups is 3. The molecule has 0 aliphatic carbocycles. The molecule has 0 fully saturated rings. The third-order valence-corrected chi connectivity index (χ3v) is 5.17. The van der Waals surface area contributed by atoms with Crippen molar-refractivity contribution in [2.45, 2.75) is 26.7 Å². The first kappa shape index (κ1) is 25.2. The minimum atomic E-state index is -0.903. The fourth-order valence-electron chi connectivity index (χ4n) is 3.34. The number of rotatable bonds is 9. The molecule has 3 aromatic rings. The molecule has 0 aromatic heterocycles. The highest BCUT2D eigenvalue weighted by Crippen LogP contribution is 2.18. The molecule has 0 radical (unpaired) electrons. The Hall–Kier alpha value is -4.46. The van der Waals surface area contributed by atoms with Gasteiger partial charge in [0.2, 0.25) is 0 Å². The molecule has 3 rings (SSSR count). The van der Waals surface area contributed by atoms with E-state index in [1.54, 1.807) is 36.4 Å². The van der Waals surface area contributed by atoms with Crippen LogP contribution in [-0.2, 0) is 27.2 Å². The molecule has 8 heteroatoms. The zero-order valence-electron chi connectivity index (χ0n) is 19.7. The minimum absolute atomic E-state index is 0.200. The normalized spacial score (nSPS) is 10.6. The van der Waals surface area contributed by atoms with Crippen LogP contribution in [0.25, 0.3) is 0 Å². The summed E-state index contributed by atoms with van der Waals surface area (Å²) in [6, 6.07) is 21.8. The number of anilines is 2. The van der Waals surface area contributed by atoms with E-state index in [1.807, 2.05) is 50.2 Å². The molecule has 0 saturated carbocycles. The number of carbonyl (C=O) groups excluding carboxylic acids is 3. The number of benzene rings is 3. The van der Waals surface area contributed by atoms with Crippen molar-refractivity contribution in [3.05, 3.63) is 89.5 Å². The van der Waals surface area contributed by atoms with Crippen molar-refractivity contribution < 1.29 is 19.1 Å². The first-order chi connectivity index (χ1) is 17.0. The summed E-state index contributed by atoms with van der Waals surface area (Å²) in [4.78, 5) is 36.7. The van der Waals surface area contributed by atoms with Crippen LogP contribution in [0.2, 0.25) is 0 Å². The molecule has 8 nitrogen and oxygen atoms in total. The second-order valence-corrected chi connectivity index (χ2v) is 7.55. The van der Waals surface area contributed by atoms with Crippen molar-refractivity contribution in [3.63, 3.8) is 0 Å². The molecule has 3 amide bonds. The monoisotopic (exact) mass is 472 g/mol. The van der Waals surface area contributed by atoms with E-state index < -0.39 is 11.8 Å². The number of ether oxygens (including phenoxy) is 1. The molecule has 0 saturated heterocycles. The molecule has 3 aromatic carbocycles. The summed E-state index contributed by atoms with van der Waals surface area (Å²) in [5.41, 5.74) is 6.03. The Balaban J connectivity index is 1.55. The first-order valence-electron chi connectivity index (χ1n) is 11.3. The number of aryl methyl sites for hydroxylation is 2. The largest absolute Gasteiger partial charge is 0.483 e.